The van der Waals surface area contributed by atoms with Gasteiger partial charge in [-0.2, -0.15) is 0 Å². The highest BCUT2D eigenvalue weighted by Gasteiger charge is 2.06. The summed E-state index contributed by atoms with van der Waals surface area (Å²) in [5.74, 6) is -0.607. The molecule has 2 aromatic carbocycles. The molecule has 0 bridgehead atoms. The van der Waals surface area contributed by atoms with E-state index in [0.29, 0.717) is 16.5 Å². The van der Waals surface area contributed by atoms with Crippen molar-refractivity contribution >= 4 is 11.6 Å². The van der Waals surface area contributed by atoms with Gasteiger partial charge in [0, 0.05) is 5.02 Å². The van der Waals surface area contributed by atoms with E-state index >= 15 is 0 Å². The van der Waals surface area contributed by atoms with Crippen molar-refractivity contribution in [1.82, 2.24) is 0 Å². The molecule has 0 atom stereocenters. The van der Waals surface area contributed by atoms with Crippen LogP contribution in [0.2, 0.25) is 5.02 Å². The highest BCUT2D eigenvalue weighted by atomic mass is 35.5. The minimum absolute atomic E-state index is 0.0331. The molecule has 4 heteroatoms. The molecule has 0 unspecified atom stereocenters. The van der Waals surface area contributed by atoms with Crippen LogP contribution in [0.5, 0.6) is 0 Å². The van der Waals surface area contributed by atoms with Crippen molar-refractivity contribution < 1.29 is 13.2 Å². The first kappa shape index (κ1) is 18.6. The number of rotatable bonds is 2. The molecular formula is C18H20ClF3. The van der Waals surface area contributed by atoms with Crippen LogP contribution in [0.3, 0.4) is 0 Å². The normalized spacial score (nSPS) is 10.6. The third-order valence-electron chi connectivity index (χ3n) is 3.16. The van der Waals surface area contributed by atoms with Crippen LogP contribution in [0, 0.1) is 17.5 Å². The van der Waals surface area contributed by atoms with Crippen LogP contribution in [0.15, 0.2) is 36.4 Å². The second-order valence-electron chi connectivity index (χ2n) is 5.64. The molecule has 0 radical (unpaired) electrons. The zero-order valence-corrected chi connectivity index (χ0v) is 13.9. The maximum Gasteiger partial charge on any atom is 0.126 e. The van der Waals surface area contributed by atoms with E-state index in [2.05, 4.69) is 0 Å². The molecule has 0 fully saturated rings. The fourth-order valence-corrected chi connectivity index (χ4v) is 2.31. The first-order valence-corrected chi connectivity index (χ1v) is 7.50. The van der Waals surface area contributed by atoms with Gasteiger partial charge in [0.25, 0.3) is 0 Å². The maximum absolute atomic E-state index is 12.9. The standard InChI is InChI=1S/C9H10ClF.C9H10F2/c1-6(2)8-4-3-7(11)5-9(8)10;1-6(2)8-5-7(10)3-4-9(8)11/h2*3-6H,1-2H3. The van der Waals surface area contributed by atoms with Crippen molar-refractivity contribution in [3.05, 3.63) is 70.0 Å². The lowest BCUT2D eigenvalue weighted by atomic mass is 10.0. The smallest absolute Gasteiger partial charge is 0.126 e. The quantitative estimate of drug-likeness (QED) is 0.576. The van der Waals surface area contributed by atoms with Gasteiger partial charge in [-0.3, -0.25) is 0 Å². The molecular weight excluding hydrogens is 309 g/mol. The minimum Gasteiger partial charge on any atom is -0.207 e. The van der Waals surface area contributed by atoms with Gasteiger partial charge in [0.1, 0.15) is 17.5 Å². The lowest BCUT2D eigenvalue weighted by Gasteiger charge is -2.06. The van der Waals surface area contributed by atoms with Crippen molar-refractivity contribution in [3.63, 3.8) is 0 Å². The van der Waals surface area contributed by atoms with Crippen LogP contribution >= 0.6 is 11.6 Å². The van der Waals surface area contributed by atoms with E-state index in [9.17, 15) is 13.2 Å². The molecule has 0 aliphatic rings. The zero-order chi connectivity index (χ0) is 16.9. The monoisotopic (exact) mass is 328 g/mol. The van der Waals surface area contributed by atoms with E-state index < -0.39 is 0 Å². The molecule has 0 amide bonds. The molecule has 0 aliphatic heterocycles. The summed E-state index contributed by atoms with van der Waals surface area (Å²) in [5.41, 5.74) is 1.43. The molecule has 2 rings (SSSR count). The molecule has 0 aromatic heterocycles. The summed E-state index contributed by atoms with van der Waals surface area (Å²) < 4.78 is 37.9. The van der Waals surface area contributed by atoms with Crippen LogP contribution < -0.4 is 0 Å². The van der Waals surface area contributed by atoms with Gasteiger partial charge >= 0.3 is 0 Å². The second-order valence-corrected chi connectivity index (χ2v) is 6.05. The number of halogens is 4. The van der Waals surface area contributed by atoms with E-state index in [1.807, 2.05) is 27.7 Å². The lowest BCUT2D eigenvalue weighted by Crippen LogP contribution is -1.93. The van der Waals surface area contributed by atoms with Crippen molar-refractivity contribution in [1.29, 1.82) is 0 Å². The Bertz CT molecular complexity index is 622. The van der Waals surface area contributed by atoms with E-state index in [-0.39, 0.29) is 23.4 Å². The summed E-state index contributed by atoms with van der Waals surface area (Å²) in [7, 11) is 0. The number of hydrogen-bond acceptors (Lipinski definition) is 0. The molecule has 2 aromatic rings. The molecule has 0 aliphatic carbocycles. The zero-order valence-electron chi connectivity index (χ0n) is 13.1. The number of hydrogen-bond donors (Lipinski definition) is 0. The summed E-state index contributed by atoms with van der Waals surface area (Å²) in [6.45, 7) is 7.72. The van der Waals surface area contributed by atoms with Gasteiger partial charge in [-0.1, -0.05) is 45.4 Å². The van der Waals surface area contributed by atoms with E-state index in [1.165, 1.54) is 18.2 Å². The highest BCUT2D eigenvalue weighted by molar-refractivity contribution is 6.31. The summed E-state index contributed by atoms with van der Waals surface area (Å²) in [4.78, 5) is 0. The molecule has 0 heterocycles. The lowest BCUT2D eigenvalue weighted by molar-refractivity contribution is 0.575. The molecule has 22 heavy (non-hydrogen) atoms. The fraction of sp³-hybridized carbons (Fsp3) is 0.333. The molecule has 120 valence electrons. The van der Waals surface area contributed by atoms with Crippen molar-refractivity contribution in [2.75, 3.05) is 0 Å². The Morgan fingerprint density at radius 1 is 0.727 bits per heavy atom. The van der Waals surface area contributed by atoms with Gasteiger partial charge in [0.15, 0.2) is 0 Å². The summed E-state index contributed by atoms with van der Waals surface area (Å²) in [6.07, 6.45) is 0. The fourth-order valence-electron chi connectivity index (χ4n) is 1.93. The molecule has 0 saturated heterocycles. The Kier molecular flexibility index (Phi) is 6.95. The predicted molar refractivity (Wildman–Crippen MR) is 85.9 cm³/mol. The van der Waals surface area contributed by atoms with E-state index in [1.54, 1.807) is 6.07 Å². The largest absolute Gasteiger partial charge is 0.207 e. The molecule has 0 N–H and O–H groups in total. The Hall–Kier alpha value is -1.48. The average Bonchev–Trinajstić information content (AvgIpc) is 2.41. The van der Waals surface area contributed by atoms with Gasteiger partial charge in [0.2, 0.25) is 0 Å². The average molecular weight is 329 g/mol. The van der Waals surface area contributed by atoms with Crippen LogP contribution in [0.25, 0.3) is 0 Å². The topological polar surface area (TPSA) is 0 Å². The van der Waals surface area contributed by atoms with Gasteiger partial charge in [-0.25, -0.2) is 13.2 Å². The van der Waals surface area contributed by atoms with E-state index in [0.717, 1.165) is 17.7 Å². The van der Waals surface area contributed by atoms with Crippen molar-refractivity contribution in [2.24, 2.45) is 0 Å². The first-order chi connectivity index (χ1) is 10.2. The third kappa shape index (κ3) is 5.38. The minimum atomic E-state index is -0.380. The van der Waals surface area contributed by atoms with Gasteiger partial charge < -0.3 is 0 Å². The highest BCUT2D eigenvalue weighted by Crippen LogP contribution is 2.24. The summed E-state index contributed by atoms with van der Waals surface area (Å²) >= 11 is 5.78. The van der Waals surface area contributed by atoms with Gasteiger partial charge in [-0.15, -0.1) is 0 Å². The van der Waals surface area contributed by atoms with Gasteiger partial charge in [-0.05, 0) is 53.3 Å². The van der Waals surface area contributed by atoms with Crippen LogP contribution in [-0.4, -0.2) is 0 Å². The van der Waals surface area contributed by atoms with Crippen molar-refractivity contribution in [3.8, 4) is 0 Å². The summed E-state index contributed by atoms with van der Waals surface area (Å²) in [5, 5.41) is 0.514. The maximum atomic E-state index is 12.9. The first-order valence-electron chi connectivity index (χ1n) is 7.12. The Morgan fingerprint density at radius 3 is 1.68 bits per heavy atom. The van der Waals surface area contributed by atoms with Crippen molar-refractivity contribution in [2.45, 2.75) is 39.5 Å². The van der Waals surface area contributed by atoms with Crippen LogP contribution in [0.1, 0.15) is 50.7 Å². The Balaban J connectivity index is 0.000000220. The van der Waals surface area contributed by atoms with Crippen LogP contribution in [0.4, 0.5) is 13.2 Å². The number of benzene rings is 2. The van der Waals surface area contributed by atoms with E-state index in [4.69, 9.17) is 11.6 Å². The van der Waals surface area contributed by atoms with Gasteiger partial charge in [0.05, 0.1) is 0 Å². The predicted octanol–water partition coefficient (Wildman–Crippen LogP) is 6.69. The molecule has 0 nitrogen and oxygen atoms in total. The SMILES string of the molecule is CC(C)c1cc(F)ccc1F.CC(C)c1ccc(F)cc1Cl. The summed E-state index contributed by atoms with van der Waals surface area (Å²) in [6, 6.07) is 8.02. The molecule has 0 spiro atoms. The van der Waals surface area contributed by atoms with Crippen LogP contribution in [-0.2, 0) is 0 Å². The Morgan fingerprint density at radius 2 is 1.23 bits per heavy atom. The molecule has 0 saturated carbocycles. The third-order valence-corrected chi connectivity index (χ3v) is 3.49. The second kappa shape index (κ2) is 8.23. The Labute approximate surface area is 134 Å².